The quantitative estimate of drug-likeness (QED) is 0.583. The van der Waals surface area contributed by atoms with Crippen LogP contribution in [-0.4, -0.2) is 20.5 Å². The van der Waals surface area contributed by atoms with E-state index < -0.39 is 37.4 Å². The van der Waals surface area contributed by atoms with Gasteiger partial charge in [0.1, 0.15) is 11.0 Å². The molecule has 1 atom stereocenters. The van der Waals surface area contributed by atoms with Gasteiger partial charge in [-0.25, -0.2) is 17.6 Å². The summed E-state index contributed by atoms with van der Waals surface area (Å²) in [7, 11) is 0.831. The van der Waals surface area contributed by atoms with Crippen LogP contribution in [-0.2, 0) is 13.8 Å². The van der Waals surface area contributed by atoms with Crippen molar-refractivity contribution in [1.82, 2.24) is 0 Å². The Morgan fingerprint density at radius 2 is 1.90 bits per heavy atom. The van der Waals surface area contributed by atoms with Crippen LogP contribution in [0.4, 0.5) is 4.39 Å². The number of hydrogen-bond acceptors (Lipinski definition) is 4. The number of carbonyl (C=O) groups excluding carboxylic acids is 1. The zero-order valence-electron chi connectivity index (χ0n) is 11.0. The number of esters is 1. The molecule has 0 bridgehead atoms. The zero-order chi connectivity index (χ0) is 15.7. The lowest BCUT2D eigenvalue weighted by molar-refractivity contribution is 0.0232. The van der Waals surface area contributed by atoms with Crippen LogP contribution in [0.2, 0.25) is 0 Å². The van der Waals surface area contributed by atoms with Crippen molar-refractivity contribution in [1.29, 1.82) is 0 Å². The molecule has 0 radical (unpaired) electrons. The standard InChI is InChI=1S/C12H13BrClFO4S/c1-6(2)7(3)19-12(16)9-4-8(13)5-10(11(9)15)20(14,17)18/h4-7H,1-3H3. The molecule has 0 aliphatic carbocycles. The topological polar surface area (TPSA) is 60.4 Å². The van der Waals surface area contributed by atoms with Crippen molar-refractivity contribution in [2.24, 2.45) is 5.92 Å². The second-order valence-corrected chi connectivity index (χ2v) is 8.01. The number of ether oxygens (including phenoxy) is 1. The summed E-state index contributed by atoms with van der Waals surface area (Å²) in [4.78, 5) is 11.1. The minimum Gasteiger partial charge on any atom is -0.459 e. The fraction of sp³-hybridized carbons (Fsp3) is 0.417. The molecule has 0 aliphatic heterocycles. The van der Waals surface area contributed by atoms with Crippen LogP contribution in [0.1, 0.15) is 31.1 Å². The second kappa shape index (κ2) is 6.41. The van der Waals surface area contributed by atoms with E-state index in [1.807, 2.05) is 13.8 Å². The second-order valence-electron chi connectivity index (χ2n) is 4.56. The zero-order valence-corrected chi connectivity index (χ0v) is 14.1. The molecule has 0 heterocycles. The molecule has 20 heavy (non-hydrogen) atoms. The summed E-state index contributed by atoms with van der Waals surface area (Å²) < 4.78 is 41.9. The first kappa shape index (κ1) is 17.4. The molecular formula is C12H13BrClFO4S. The Hall–Kier alpha value is -0.660. The van der Waals surface area contributed by atoms with Gasteiger partial charge in [0.05, 0.1) is 5.56 Å². The maximum absolute atomic E-state index is 14.1. The molecule has 0 saturated carbocycles. The van der Waals surface area contributed by atoms with E-state index >= 15 is 0 Å². The van der Waals surface area contributed by atoms with E-state index in [9.17, 15) is 17.6 Å². The van der Waals surface area contributed by atoms with E-state index in [1.54, 1.807) is 6.92 Å². The first-order valence-electron chi connectivity index (χ1n) is 5.68. The Kier molecular flexibility index (Phi) is 5.57. The van der Waals surface area contributed by atoms with Crippen molar-refractivity contribution in [3.8, 4) is 0 Å². The van der Waals surface area contributed by atoms with Gasteiger partial charge in [-0.05, 0) is 25.0 Å². The number of rotatable bonds is 4. The average Bonchev–Trinajstić information content (AvgIpc) is 2.29. The van der Waals surface area contributed by atoms with Crippen molar-refractivity contribution >= 4 is 41.6 Å². The Balaban J connectivity index is 3.26. The molecule has 0 saturated heterocycles. The van der Waals surface area contributed by atoms with Crippen LogP contribution in [0, 0.1) is 11.7 Å². The molecule has 112 valence electrons. The van der Waals surface area contributed by atoms with Crippen LogP contribution < -0.4 is 0 Å². The van der Waals surface area contributed by atoms with Gasteiger partial charge in [0.2, 0.25) is 0 Å². The fourth-order valence-corrected chi connectivity index (χ4v) is 2.80. The molecule has 1 unspecified atom stereocenters. The number of hydrogen-bond donors (Lipinski definition) is 0. The minimum atomic E-state index is -4.30. The lowest BCUT2D eigenvalue weighted by Gasteiger charge is -2.17. The third-order valence-corrected chi connectivity index (χ3v) is 4.50. The Morgan fingerprint density at radius 1 is 1.35 bits per heavy atom. The lowest BCUT2D eigenvalue weighted by Crippen LogP contribution is -2.21. The van der Waals surface area contributed by atoms with Gasteiger partial charge in [-0.15, -0.1) is 0 Å². The van der Waals surface area contributed by atoms with Gasteiger partial charge in [0, 0.05) is 15.2 Å². The van der Waals surface area contributed by atoms with Crippen molar-refractivity contribution in [3.05, 3.63) is 28.0 Å². The van der Waals surface area contributed by atoms with Crippen molar-refractivity contribution in [2.45, 2.75) is 31.8 Å². The molecule has 0 fully saturated rings. The molecule has 0 amide bonds. The van der Waals surface area contributed by atoms with Gasteiger partial charge in [-0.3, -0.25) is 0 Å². The summed E-state index contributed by atoms with van der Waals surface area (Å²) in [5.41, 5.74) is -0.480. The lowest BCUT2D eigenvalue weighted by atomic mass is 10.1. The summed E-state index contributed by atoms with van der Waals surface area (Å²) in [5.74, 6) is -2.11. The van der Waals surface area contributed by atoms with Crippen LogP contribution >= 0.6 is 26.6 Å². The largest absolute Gasteiger partial charge is 0.459 e. The molecule has 1 aromatic rings. The highest BCUT2D eigenvalue weighted by molar-refractivity contribution is 9.10. The number of benzene rings is 1. The third kappa shape index (κ3) is 4.17. The first-order chi connectivity index (χ1) is 9.04. The Labute approximate surface area is 129 Å². The maximum atomic E-state index is 14.1. The highest BCUT2D eigenvalue weighted by atomic mass is 79.9. The highest BCUT2D eigenvalue weighted by Gasteiger charge is 2.25. The van der Waals surface area contributed by atoms with E-state index in [-0.39, 0.29) is 10.4 Å². The summed E-state index contributed by atoms with van der Waals surface area (Å²) in [6.45, 7) is 5.34. The predicted octanol–water partition coefficient (Wildman–Crippen LogP) is 3.72. The minimum absolute atomic E-state index is 0.0467. The molecule has 0 N–H and O–H groups in total. The molecule has 0 aliphatic rings. The summed E-state index contributed by atoms with van der Waals surface area (Å²) in [5, 5.41) is 0. The van der Waals surface area contributed by atoms with Crippen LogP contribution in [0.3, 0.4) is 0 Å². The fourth-order valence-electron chi connectivity index (χ4n) is 1.26. The summed E-state index contributed by atoms with van der Waals surface area (Å²) in [6, 6.07) is 2.14. The van der Waals surface area contributed by atoms with Gasteiger partial charge in [-0.1, -0.05) is 29.8 Å². The predicted molar refractivity (Wildman–Crippen MR) is 76.9 cm³/mol. The van der Waals surface area contributed by atoms with Gasteiger partial charge in [0.15, 0.2) is 5.82 Å². The third-order valence-electron chi connectivity index (χ3n) is 2.72. The van der Waals surface area contributed by atoms with Crippen LogP contribution in [0.25, 0.3) is 0 Å². The normalized spacial score (nSPS) is 13.3. The Morgan fingerprint density at radius 3 is 2.35 bits per heavy atom. The first-order valence-corrected chi connectivity index (χ1v) is 8.79. The van der Waals surface area contributed by atoms with E-state index in [2.05, 4.69) is 15.9 Å². The van der Waals surface area contributed by atoms with E-state index in [0.29, 0.717) is 0 Å². The SMILES string of the molecule is CC(C)C(C)OC(=O)c1cc(Br)cc(S(=O)(=O)Cl)c1F. The molecule has 0 spiro atoms. The summed E-state index contributed by atoms with van der Waals surface area (Å²) in [6.07, 6.45) is -0.433. The maximum Gasteiger partial charge on any atom is 0.341 e. The monoisotopic (exact) mass is 386 g/mol. The van der Waals surface area contributed by atoms with Crippen molar-refractivity contribution in [2.75, 3.05) is 0 Å². The number of halogens is 3. The smallest absolute Gasteiger partial charge is 0.341 e. The molecule has 8 heteroatoms. The Bertz CT molecular complexity index is 631. The van der Waals surface area contributed by atoms with Gasteiger partial charge in [-0.2, -0.15) is 0 Å². The average molecular weight is 388 g/mol. The van der Waals surface area contributed by atoms with Crippen LogP contribution in [0.5, 0.6) is 0 Å². The van der Waals surface area contributed by atoms with E-state index in [0.717, 1.165) is 12.1 Å². The number of carbonyl (C=O) groups is 1. The van der Waals surface area contributed by atoms with Gasteiger partial charge >= 0.3 is 5.97 Å². The van der Waals surface area contributed by atoms with Crippen molar-refractivity contribution < 1.29 is 22.3 Å². The highest BCUT2D eigenvalue weighted by Crippen LogP contribution is 2.27. The van der Waals surface area contributed by atoms with Crippen LogP contribution in [0.15, 0.2) is 21.5 Å². The van der Waals surface area contributed by atoms with E-state index in [4.69, 9.17) is 15.4 Å². The molecule has 1 rings (SSSR count). The molecule has 1 aromatic carbocycles. The van der Waals surface area contributed by atoms with Gasteiger partial charge < -0.3 is 4.74 Å². The van der Waals surface area contributed by atoms with E-state index in [1.165, 1.54) is 0 Å². The molecule has 0 aromatic heterocycles. The summed E-state index contributed by atoms with van der Waals surface area (Å²) >= 11 is 3.01. The molecular weight excluding hydrogens is 375 g/mol. The molecule has 4 nitrogen and oxygen atoms in total. The van der Waals surface area contributed by atoms with Gasteiger partial charge in [0.25, 0.3) is 9.05 Å². The van der Waals surface area contributed by atoms with Crippen molar-refractivity contribution in [3.63, 3.8) is 0 Å².